The van der Waals surface area contributed by atoms with Gasteiger partial charge in [-0.3, -0.25) is 0 Å². The molecule has 0 spiro atoms. The zero-order chi connectivity index (χ0) is 18.6. The van der Waals surface area contributed by atoms with E-state index in [9.17, 15) is 14.4 Å². The van der Waals surface area contributed by atoms with E-state index in [0.717, 1.165) is 14.9 Å². The molecule has 1 heterocycles. The Balaban J connectivity index is 2.30. The van der Waals surface area contributed by atoms with Gasteiger partial charge in [0.1, 0.15) is 22.0 Å². The molecular formula is C16H14INO6S. The number of hydrogen-bond donors (Lipinski definition) is 1. The van der Waals surface area contributed by atoms with Crippen LogP contribution in [0, 0.1) is 3.57 Å². The fourth-order valence-corrected chi connectivity index (χ4v) is 3.35. The third-order valence-corrected chi connectivity index (χ3v) is 4.98. The number of esters is 3. The van der Waals surface area contributed by atoms with Gasteiger partial charge < -0.3 is 19.9 Å². The molecule has 2 rings (SSSR count). The van der Waals surface area contributed by atoms with E-state index in [0.29, 0.717) is 5.56 Å². The molecule has 0 aliphatic heterocycles. The van der Waals surface area contributed by atoms with E-state index in [2.05, 4.69) is 32.1 Å². The fraction of sp³-hybridized carbons (Fsp3) is 0.188. The van der Waals surface area contributed by atoms with Crippen molar-refractivity contribution in [3.8, 4) is 0 Å². The normalized spacial score (nSPS) is 10.2. The number of nitrogen functional groups attached to an aromatic ring is 1. The van der Waals surface area contributed by atoms with Gasteiger partial charge in [-0.15, -0.1) is 11.3 Å². The van der Waals surface area contributed by atoms with Gasteiger partial charge in [0.2, 0.25) is 0 Å². The lowest BCUT2D eigenvalue weighted by atomic mass is 10.1. The van der Waals surface area contributed by atoms with Gasteiger partial charge in [0.15, 0.2) is 0 Å². The summed E-state index contributed by atoms with van der Waals surface area (Å²) in [5.41, 5.74) is 6.33. The van der Waals surface area contributed by atoms with Crippen LogP contribution in [0.4, 0.5) is 5.00 Å². The van der Waals surface area contributed by atoms with Crippen molar-refractivity contribution in [3.05, 3.63) is 49.4 Å². The Bertz CT molecular complexity index is 815. The van der Waals surface area contributed by atoms with Crippen LogP contribution in [0.5, 0.6) is 0 Å². The van der Waals surface area contributed by atoms with Gasteiger partial charge in [-0.25, -0.2) is 14.4 Å². The lowest BCUT2D eigenvalue weighted by molar-refractivity contribution is 0.0452. The molecule has 0 bridgehead atoms. The molecule has 2 aromatic rings. The van der Waals surface area contributed by atoms with E-state index in [1.165, 1.54) is 14.2 Å². The second-order valence-corrected chi connectivity index (χ2v) is 7.01. The minimum atomic E-state index is -0.718. The van der Waals surface area contributed by atoms with Gasteiger partial charge >= 0.3 is 17.9 Å². The van der Waals surface area contributed by atoms with Crippen LogP contribution in [-0.2, 0) is 20.8 Å². The molecule has 9 heteroatoms. The SMILES string of the molecule is COC(=O)c1sc(N)c(C(=O)OC)c1COC(=O)c1ccc(I)cc1. The number of nitrogens with two attached hydrogens (primary N) is 1. The molecule has 0 saturated carbocycles. The number of halogens is 1. The summed E-state index contributed by atoms with van der Waals surface area (Å²) in [4.78, 5) is 36.1. The number of anilines is 1. The summed E-state index contributed by atoms with van der Waals surface area (Å²) in [6.45, 7) is -0.312. The average molecular weight is 475 g/mol. The third-order valence-electron chi connectivity index (χ3n) is 3.22. The zero-order valence-corrected chi connectivity index (χ0v) is 16.3. The molecule has 132 valence electrons. The number of hydrogen-bond acceptors (Lipinski definition) is 8. The van der Waals surface area contributed by atoms with Crippen LogP contribution in [0.2, 0.25) is 0 Å². The van der Waals surface area contributed by atoms with E-state index >= 15 is 0 Å². The Morgan fingerprint density at radius 1 is 1.04 bits per heavy atom. The summed E-state index contributed by atoms with van der Waals surface area (Å²) >= 11 is 2.99. The molecule has 0 radical (unpaired) electrons. The number of methoxy groups -OCH3 is 2. The Kier molecular flexibility index (Phi) is 6.37. The van der Waals surface area contributed by atoms with Crippen LogP contribution in [0.3, 0.4) is 0 Å². The Morgan fingerprint density at radius 3 is 2.20 bits per heavy atom. The van der Waals surface area contributed by atoms with Gasteiger partial charge in [-0.2, -0.15) is 0 Å². The standard InChI is InChI=1S/C16H14INO6S/c1-22-15(20)11-10(12(16(21)23-2)25-13(11)18)7-24-14(19)8-3-5-9(17)6-4-8/h3-6H,7,18H2,1-2H3. The maximum absolute atomic E-state index is 12.2. The minimum Gasteiger partial charge on any atom is -0.465 e. The highest BCUT2D eigenvalue weighted by atomic mass is 127. The van der Waals surface area contributed by atoms with Crippen LogP contribution in [-0.4, -0.2) is 32.1 Å². The van der Waals surface area contributed by atoms with E-state index in [-0.39, 0.29) is 27.6 Å². The van der Waals surface area contributed by atoms with E-state index in [1.807, 2.05) is 0 Å². The first-order chi connectivity index (χ1) is 11.9. The molecule has 1 aromatic heterocycles. The average Bonchev–Trinajstić information content (AvgIpc) is 2.95. The number of rotatable bonds is 5. The first-order valence-corrected chi connectivity index (χ1v) is 8.79. The van der Waals surface area contributed by atoms with Crippen LogP contribution < -0.4 is 5.73 Å². The molecule has 7 nitrogen and oxygen atoms in total. The summed E-state index contributed by atoms with van der Waals surface area (Å²) in [6.07, 6.45) is 0. The predicted molar refractivity (Wildman–Crippen MR) is 99.7 cm³/mol. The smallest absolute Gasteiger partial charge is 0.348 e. The number of benzene rings is 1. The van der Waals surface area contributed by atoms with Gasteiger partial charge in [0, 0.05) is 9.13 Å². The highest BCUT2D eigenvalue weighted by Gasteiger charge is 2.28. The van der Waals surface area contributed by atoms with Crippen molar-refractivity contribution in [2.24, 2.45) is 0 Å². The number of carbonyl (C=O) groups is 3. The van der Waals surface area contributed by atoms with E-state index < -0.39 is 17.9 Å². The van der Waals surface area contributed by atoms with Crippen molar-refractivity contribution in [1.29, 1.82) is 0 Å². The quantitative estimate of drug-likeness (QED) is 0.403. The van der Waals surface area contributed by atoms with Crippen LogP contribution in [0.15, 0.2) is 24.3 Å². The Morgan fingerprint density at radius 2 is 1.64 bits per heavy atom. The Labute approximate surface area is 161 Å². The molecule has 25 heavy (non-hydrogen) atoms. The topological polar surface area (TPSA) is 105 Å². The first kappa shape index (κ1) is 19.2. The maximum atomic E-state index is 12.2. The predicted octanol–water partition coefficient (Wildman–Crippen LogP) is 2.87. The van der Waals surface area contributed by atoms with Gasteiger partial charge in [-0.05, 0) is 46.9 Å². The van der Waals surface area contributed by atoms with Crippen molar-refractivity contribution >= 4 is 56.8 Å². The highest BCUT2D eigenvalue weighted by molar-refractivity contribution is 14.1. The highest BCUT2D eigenvalue weighted by Crippen LogP contribution is 2.33. The van der Waals surface area contributed by atoms with E-state index in [1.54, 1.807) is 24.3 Å². The Hall–Kier alpha value is -2.14. The lowest BCUT2D eigenvalue weighted by Gasteiger charge is -2.08. The number of thiophene rings is 1. The van der Waals surface area contributed by atoms with Crippen molar-refractivity contribution in [2.45, 2.75) is 6.61 Å². The summed E-state index contributed by atoms with van der Waals surface area (Å²) in [6, 6.07) is 6.77. The summed E-state index contributed by atoms with van der Waals surface area (Å²) < 4.78 is 15.6. The van der Waals surface area contributed by atoms with Crippen LogP contribution in [0.1, 0.15) is 36.0 Å². The summed E-state index contributed by atoms with van der Waals surface area (Å²) in [7, 11) is 2.40. The van der Waals surface area contributed by atoms with Crippen LogP contribution >= 0.6 is 33.9 Å². The van der Waals surface area contributed by atoms with Gasteiger partial charge in [-0.1, -0.05) is 0 Å². The number of carbonyl (C=O) groups excluding carboxylic acids is 3. The third kappa shape index (κ3) is 4.28. The molecule has 0 aliphatic rings. The molecule has 0 fully saturated rings. The molecular weight excluding hydrogens is 461 g/mol. The van der Waals surface area contributed by atoms with Crippen molar-refractivity contribution in [1.82, 2.24) is 0 Å². The fourth-order valence-electron chi connectivity index (χ4n) is 2.01. The second kappa shape index (κ2) is 8.30. The lowest BCUT2D eigenvalue weighted by Crippen LogP contribution is -2.12. The van der Waals surface area contributed by atoms with E-state index in [4.69, 9.17) is 10.5 Å². The summed E-state index contributed by atoms with van der Waals surface area (Å²) in [5.74, 6) is -1.98. The minimum absolute atomic E-state index is 0.00306. The molecule has 0 amide bonds. The maximum Gasteiger partial charge on any atom is 0.348 e. The second-order valence-electron chi connectivity index (χ2n) is 4.72. The van der Waals surface area contributed by atoms with Crippen molar-refractivity contribution in [2.75, 3.05) is 20.0 Å². The number of ether oxygens (including phenoxy) is 3. The van der Waals surface area contributed by atoms with Gasteiger partial charge in [0.05, 0.1) is 19.8 Å². The zero-order valence-electron chi connectivity index (χ0n) is 13.3. The molecule has 0 saturated heterocycles. The molecule has 0 atom stereocenters. The molecule has 0 aliphatic carbocycles. The van der Waals surface area contributed by atoms with Crippen molar-refractivity contribution < 1.29 is 28.6 Å². The monoisotopic (exact) mass is 475 g/mol. The molecule has 2 N–H and O–H groups in total. The van der Waals surface area contributed by atoms with Crippen molar-refractivity contribution in [3.63, 3.8) is 0 Å². The van der Waals surface area contributed by atoms with Gasteiger partial charge in [0.25, 0.3) is 0 Å². The first-order valence-electron chi connectivity index (χ1n) is 6.89. The largest absolute Gasteiger partial charge is 0.465 e. The summed E-state index contributed by atoms with van der Waals surface area (Å²) in [5, 5.41) is 0.0903. The van der Waals surface area contributed by atoms with Crippen LogP contribution in [0.25, 0.3) is 0 Å². The molecule has 0 unspecified atom stereocenters. The molecule has 1 aromatic carbocycles.